The van der Waals surface area contributed by atoms with Crippen LogP contribution < -0.4 is 5.32 Å². The van der Waals surface area contributed by atoms with Gasteiger partial charge in [0.05, 0.1) is 11.1 Å². The van der Waals surface area contributed by atoms with Gasteiger partial charge in [0.1, 0.15) is 5.82 Å². The molecule has 7 heteroatoms. The minimum Gasteiger partial charge on any atom is -0.479 e. The van der Waals surface area contributed by atoms with Gasteiger partial charge in [-0.05, 0) is 31.0 Å². The summed E-state index contributed by atoms with van der Waals surface area (Å²) in [6.07, 6.45) is -0.132. The number of carboxylic acid groups (broad SMARTS) is 1. The molecular formula is C13H13ClFNO4. The summed E-state index contributed by atoms with van der Waals surface area (Å²) >= 11 is 5.59. The Morgan fingerprint density at radius 2 is 2.20 bits per heavy atom. The van der Waals surface area contributed by atoms with Gasteiger partial charge >= 0.3 is 5.97 Å². The first kappa shape index (κ1) is 14.7. The van der Waals surface area contributed by atoms with Gasteiger partial charge < -0.3 is 15.2 Å². The summed E-state index contributed by atoms with van der Waals surface area (Å²) in [5.41, 5.74) is 0.240. The maximum absolute atomic E-state index is 13.0. The molecule has 0 aliphatic carbocycles. The number of aliphatic carboxylic acids is 1. The third-order valence-electron chi connectivity index (χ3n) is 3.06. The van der Waals surface area contributed by atoms with Crippen LogP contribution in [0.4, 0.5) is 4.39 Å². The topological polar surface area (TPSA) is 75.6 Å². The Kier molecular flexibility index (Phi) is 4.57. The zero-order valence-electron chi connectivity index (χ0n) is 10.4. The number of ether oxygens (including phenoxy) is 1. The van der Waals surface area contributed by atoms with E-state index in [-0.39, 0.29) is 23.2 Å². The lowest BCUT2D eigenvalue weighted by molar-refractivity contribution is -0.149. The number of carbonyl (C=O) groups excluding carboxylic acids is 1. The lowest BCUT2D eigenvalue weighted by Crippen LogP contribution is -2.33. The Hall–Kier alpha value is -1.66. The Balaban J connectivity index is 1.86. The van der Waals surface area contributed by atoms with Crippen molar-refractivity contribution < 1.29 is 23.8 Å². The molecule has 1 amide bonds. The van der Waals surface area contributed by atoms with E-state index >= 15 is 0 Å². The van der Waals surface area contributed by atoms with Gasteiger partial charge in [0.15, 0.2) is 6.10 Å². The SMILES string of the molecule is O=C(NCC1CCC(C(=O)O)O1)c1ccc(F)c(Cl)c1. The van der Waals surface area contributed by atoms with E-state index in [0.717, 1.165) is 6.07 Å². The average molecular weight is 302 g/mol. The van der Waals surface area contributed by atoms with Gasteiger partial charge in [0.2, 0.25) is 0 Å². The van der Waals surface area contributed by atoms with Crippen LogP contribution in [0.1, 0.15) is 23.2 Å². The molecule has 1 heterocycles. The molecule has 2 unspecified atom stereocenters. The van der Waals surface area contributed by atoms with Crippen molar-refractivity contribution in [2.75, 3.05) is 6.54 Å². The predicted octanol–water partition coefficient (Wildman–Crippen LogP) is 1.84. The zero-order valence-corrected chi connectivity index (χ0v) is 11.2. The molecule has 108 valence electrons. The third kappa shape index (κ3) is 3.46. The highest BCUT2D eigenvalue weighted by Crippen LogP contribution is 2.20. The summed E-state index contributed by atoms with van der Waals surface area (Å²) in [5, 5.41) is 11.3. The highest BCUT2D eigenvalue weighted by molar-refractivity contribution is 6.31. The maximum atomic E-state index is 13.0. The minimum atomic E-state index is -0.996. The highest BCUT2D eigenvalue weighted by Gasteiger charge is 2.30. The molecule has 1 fully saturated rings. The molecule has 2 rings (SSSR count). The lowest BCUT2D eigenvalue weighted by atomic mass is 10.2. The quantitative estimate of drug-likeness (QED) is 0.890. The summed E-state index contributed by atoms with van der Waals surface area (Å²) in [6, 6.07) is 3.68. The summed E-state index contributed by atoms with van der Waals surface area (Å²) in [4.78, 5) is 22.5. The van der Waals surface area contributed by atoms with E-state index in [9.17, 15) is 14.0 Å². The third-order valence-corrected chi connectivity index (χ3v) is 3.34. The van der Waals surface area contributed by atoms with E-state index in [2.05, 4.69) is 5.32 Å². The Morgan fingerprint density at radius 1 is 1.45 bits per heavy atom. The number of hydrogen-bond acceptors (Lipinski definition) is 3. The molecule has 1 aromatic rings. The van der Waals surface area contributed by atoms with Crippen LogP contribution in [0, 0.1) is 5.82 Å². The van der Waals surface area contributed by atoms with Crippen LogP contribution in [-0.4, -0.2) is 35.7 Å². The molecular weight excluding hydrogens is 289 g/mol. The molecule has 1 aromatic carbocycles. The van der Waals surface area contributed by atoms with Gasteiger partial charge in [-0.25, -0.2) is 9.18 Å². The number of hydrogen-bond donors (Lipinski definition) is 2. The van der Waals surface area contributed by atoms with Gasteiger partial charge in [0, 0.05) is 12.1 Å². The van der Waals surface area contributed by atoms with Gasteiger partial charge in [-0.1, -0.05) is 11.6 Å². The van der Waals surface area contributed by atoms with E-state index in [4.69, 9.17) is 21.4 Å². The fourth-order valence-electron chi connectivity index (χ4n) is 1.98. The van der Waals surface area contributed by atoms with Crippen LogP contribution in [0.15, 0.2) is 18.2 Å². The zero-order chi connectivity index (χ0) is 14.7. The fourth-order valence-corrected chi connectivity index (χ4v) is 2.16. The largest absolute Gasteiger partial charge is 0.479 e. The molecule has 0 saturated carbocycles. The van der Waals surface area contributed by atoms with E-state index in [1.165, 1.54) is 12.1 Å². The Morgan fingerprint density at radius 3 is 2.80 bits per heavy atom. The standard InChI is InChI=1S/C13H13ClFNO4/c14-9-5-7(1-3-10(9)15)12(17)16-6-8-2-4-11(20-8)13(18)19/h1,3,5,8,11H,2,4,6H2,(H,16,17)(H,18,19). The molecule has 1 aliphatic heterocycles. The molecule has 20 heavy (non-hydrogen) atoms. The van der Waals surface area contributed by atoms with Crippen molar-refractivity contribution in [1.82, 2.24) is 5.32 Å². The van der Waals surface area contributed by atoms with E-state index < -0.39 is 23.8 Å². The Labute approximate surface area is 119 Å². The number of halogens is 2. The van der Waals surface area contributed by atoms with Gasteiger partial charge in [-0.2, -0.15) is 0 Å². The minimum absolute atomic E-state index is 0.124. The monoisotopic (exact) mass is 301 g/mol. The molecule has 0 spiro atoms. The molecule has 0 radical (unpaired) electrons. The van der Waals surface area contributed by atoms with Crippen LogP contribution in [-0.2, 0) is 9.53 Å². The molecule has 1 aliphatic rings. The van der Waals surface area contributed by atoms with Crippen LogP contribution in [0.3, 0.4) is 0 Å². The van der Waals surface area contributed by atoms with Crippen molar-refractivity contribution >= 4 is 23.5 Å². The first-order valence-electron chi connectivity index (χ1n) is 6.09. The van der Waals surface area contributed by atoms with E-state index in [1.54, 1.807) is 0 Å². The summed E-state index contributed by atoms with van der Waals surface area (Å²) in [7, 11) is 0. The smallest absolute Gasteiger partial charge is 0.332 e. The van der Waals surface area contributed by atoms with Gasteiger partial charge in [0.25, 0.3) is 5.91 Å². The molecule has 2 N–H and O–H groups in total. The van der Waals surface area contributed by atoms with Crippen molar-refractivity contribution in [2.45, 2.75) is 25.0 Å². The second-order valence-corrected chi connectivity index (χ2v) is 4.91. The highest BCUT2D eigenvalue weighted by atomic mass is 35.5. The molecule has 2 atom stereocenters. The molecule has 0 bridgehead atoms. The summed E-state index contributed by atoms with van der Waals surface area (Å²) in [6.45, 7) is 0.206. The fraction of sp³-hybridized carbons (Fsp3) is 0.385. The van der Waals surface area contributed by atoms with Gasteiger partial charge in [-0.15, -0.1) is 0 Å². The second-order valence-electron chi connectivity index (χ2n) is 4.50. The number of benzene rings is 1. The second kappa shape index (κ2) is 6.19. The van der Waals surface area contributed by atoms with Crippen molar-refractivity contribution in [3.05, 3.63) is 34.6 Å². The lowest BCUT2D eigenvalue weighted by Gasteiger charge is -2.12. The van der Waals surface area contributed by atoms with Crippen molar-refractivity contribution in [2.24, 2.45) is 0 Å². The first-order chi connectivity index (χ1) is 9.47. The molecule has 5 nitrogen and oxygen atoms in total. The molecule has 0 aromatic heterocycles. The summed E-state index contributed by atoms with van der Waals surface area (Å²) in [5.74, 6) is -2.00. The van der Waals surface area contributed by atoms with Crippen molar-refractivity contribution in [1.29, 1.82) is 0 Å². The molecule has 1 saturated heterocycles. The van der Waals surface area contributed by atoms with Crippen LogP contribution in [0.5, 0.6) is 0 Å². The first-order valence-corrected chi connectivity index (χ1v) is 6.46. The van der Waals surface area contributed by atoms with Crippen LogP contribution >= 0.6 is 11.6 Å². The average Bonchev–Trinajstić information content (AvgIpc) is 2.88. The summed E-state index contributed by atoms with van der Waals surface area (Å²) < 4.78 is 18.2. The van der Waals surface area contributed by atoms with Crippen LogP contribution in [0.25, 0.3) is 0 Å². The van der Waals surface area contributed by atoms with Crippen molar-refractivity contribution in [3.63, 3.8) is 0 Å². The maximum Gasteiger partial charge on any atom is 0.332 e. The number of amides is 1. The van der Waals surface area contributed by atoms with Crippen molar-refractivity contribution in [3.8, 4) is 0 Å². The van der Waals surface area contributed by atoms with Crippen LogP contribution in [0.2, 0.25) is 5.02 Å². The number of nitrogens with one attached hydrogen (secondary N) is 1. The predicted molar refractivity (Wildman–Crippen MR) is 69.3 cm³/mol. The number of carboxylic acids is 1. The van der Waals surface area contributed by atoms with E-state index in [0.29, 0.717) is 12.8 Å². The normalized spacial score (nSPS) is 21.7. The number of carbonyl (C=O) groups is 2. The Bertz CT molecular complexity index is 537. The van der Waals surface area contributed by atoms with E-state index in [1.807, 2.05) is 0 Å². The number of rotatable bonds is 4. The van der Waals surface area contributed by atoms with Gasteiger partial charge in [-0.3, -0.25) is 4.79 Å².